The highest BCUT2D eigenvalue weighted by Crippen LogP contribution is 2.38. The molecule has 4 heteroatoms. The molecule has 1 aliphatic carbocycles. The summed E-state index contributed by atoms with van der Waals surface area (Å²) in [6, 6.07) is 5.58. The number of para-hydroxylation sites is 1. The van der Waals surface area contributed by atoms with E-state index in [4.69, 9.17) is 12.2 Å². The number of hydrogen-bond donors (Lipinski definition) is 1. The highest BCUT2D eigenvalue weighted by molar-refractivity contribution is 7.71. The van der Waals surface area contributed by atoms with E-state index in [1.165, 1.54) is 18.9 Å². The molecule has 0 bridgehead atoms. The zero-order valence-corrected chi connectivity index (χ0v) is 12.1. The van der Waals surface area contributed by atoms with Crippen molar-refractivity contribution >= 4 is 23.3 Å². The molecule has 1 heterocycles. The first-order valence-electron chi connectivity index (χ1n) is 6.96. The summed E-state index contributed by atoms with van der Waals surface area (Å²) in [5.74, 6) is 1.14. The number of imidazole rings is 1. The Morgan fingerprint density at radius 2 is 2.11 bits per heavy atom. The van der Waals surface area contributed by atoms with E-state index >= 15 is 0 Å². The molecule has 0 spiro atoms. The second kappa shape index (κ2) is 4.75. The lowest BCUT2D eigenvalue weighted by molar-refractivity contribution is 0.210. The molecule has 3 rings (SSSR count). The largest absolute Gasteiger partial charge is 0.328 e. The normalized spacial score (nSPS) is 27.8. The molecule has 2 nitrogen and oxygen atoms in total. The van der Waals surface area contributed by atoms with Crippen LogP contribution < -0.4 is 0 Å². The molecular weight excluding hydrogens is 259 g/mol. The first kappa shape index (κ1) is 12.9. The Kier molecular flexibility index (Phi) is 3.21. The molecule has 0 amide bonds. The van der Waals surface area contributed by atoms with Gasteiger partial charge in [0.1, 0.15) is 11.3 Å². The summed E-state index contributed by atoms with van der Waals surface area (Å²) in [5, 5.41) is 0. The Hall–Kier alpha value is -1.16. The SMILES string of the molecule is CC1CCC(n2c(=S)[nH]c3c(F)cccc32)C(C)C1. The summed E-state index contributed by atoms with van der Waals surface area (Å²) < 4.78 is 16.6. The van der Waals surface area contributed by atoms with E-state index in [9.17, 15) is 4.39 Å². The third kappa shape index (κ3) is 2.12. The standard InChI is InChI=1S/C15H19FN2S/c1-9-6-7-12(10(2)8-9)18-13-5-3-4-11(16)14(13)17-15(18)19/h3-5,9-10,12H,6-8H2,1-2H3,(H,17,19). The van der Waals surface area contributed by atoms with E-state index in [1.807, 2.05) is 6.07 Å². The molecule has 0 saturated heterocycles. The number of benzene rings is 1. The molecule has 19 heavy (non-hydrogen) atoms. The lowest BCUT2D eigenvalue weighted by Gasteiger charge is -2.33. The van der Waals surface area contributed by atoms with Crippen molar-refractivity contribution in [2.24, 2.45) is 11.8 Å². The van der Waals surface area contributed by atoms with Crippen molar-refractivity contribution in [1.82, 2.24) is 9.55 Å². The first-order chi connectivity index (χ1) is 9.08. The number of nitrogens with one attached hydrogen (secondary N) is 1. The van der Waals surface area contributed by atoms with Gasteiger partial charge in [-0.05, 0) is 55.4 Å². The van der Waals surface area contributed by atoms with Gasteiger partial charge in [-0.2, -0.15) is 0 Å². The maximum atomic E-state index is 13.8. The van der Waals surface area contributed by atoms with Gasteiger partial charge in [-0.1, -0.05) is 19.9 Å². The molecule has 0 aliphatic heterocycles. The van der Waals surface area contributed by atoms with Crippen LogP contribution in [-0.2, 0) is 0 Å². The van der Waals surface area contributed by atoms with E-state index in [0.717, 1.165) is 17.9 Å². The second-order valence-corrected chi connectivity index (χ2v) is 6.28. The van der Waals surface area contributed by atoms with Crippen LogP contribution in [0.5, 0.6) is 0 Å². The molecule has 3 unspecified atom stereocenters. The van der Waals surface area contributed by atoms with E-state index in [0.29, 0.717) is 22.2 Å². The molecule has 1 aliphatic rings. The highest BCUT2D eigenvalue weighted by atomic mass is 32.1. The summed E-state index contributed by atoms with van der Waals surface area (Å²) in [6.45, 7) is 4.58. The van der Waals surface area contributed by atoms with Crippen LogP contribution in [0.25, 0.3) is 11.0 Å². The molecule has 102 valence electrons. The maximum Gasteiger partial charge on any atom is 0.178 e. The number of fused-ring (bicyclic) bond motifs is 1. The van der Waals surface area contributed by atoms with E-state index < -0.39 is 0 Å². The molecule has 1 fully saturated rings. The number of aromatic nitrogens is 2. The van der Waals surface area contributed by atoms with Crippen molar-refractivity contribution in [3.05, 3.63) is 28.8 Å². The van der Waals surface area contributed by atoms with Gasteiger partial charge in [-0.15, -0.1) is 0 Å². The monoisotopic (exact) mass is 278 g/mol. The number of H-pyrrole nitrogens is 1. The molecular formula is C15H19FN2S. The Labute approximate surface area is 117 Å². The molecule has 1 aromatic heterocycles. The second-order valence-electron chi connectivity index (χ2n) is 5.90. The number of aromatic amines is 1. The fourth-order valence-electron chi connectivity index (χ4n) is 3.48. The van der Waals surface area contributed by atoms with Crippen LogP contribution in [0.2, 0.25) is 0 Å². The van der Waals surface area contributed by atoms with E-state index in [2.05, 4.69) is 23.4 Å². The van der Waals surface area contributed by atoms with Crippen LogP contribution in [-0.4, -0.2) is 9.55 Å². The van der Waals surface area contributed by atoms with Gasteiger partial charge in [-0.3, -0.25) is 0 Å². The van der Waals surface area contributed by atoms with E-state index in [1.54, 1.807) is 6.07 Å². The summed E-state index contributed by atoms with van der Waals surface area (Å²) in [4.78, 5) is 3.03. The lowest BCUT2D eigenvalue weighted by Crippen LogP contribution is -2.24. The minimum Gasteiger partial charge on any atom is -0.328 e. The number of halogens is 1. The minimum absolute atomic E-state index is 0.223. The number of nitrogens with zero attached hydrogens (tertiary/aromatic N) is 1. The summed E-state index contributed by atoms with van der Waals surface area (Å²) in [6.07, 6.45) is 3.56. The van der Waals surface area contributed by atoms with Gasteiger partial charge >= 0.3 is 0 Å². The van der Waals surface area contributed by atoms with Crippen LogP contribution >= 0.6 is 12.2 Å². The predicted molar refractivity (Wildman–Crippen MR) is 78.3 cm³/mol. The zero-order valence-electron chi connectivity index (χ0n) is 11.3. The van der Waals surface area contributed by atoms with Crippen LogP contribution in [0.4, 0.5) is 4.39 Å². The Bertz CT molecular complexity index is 658. The predicted octanol–water partition coefficient (Wildman–Crippen LogP) is 4.84. The van der Waals surface area contributed by atoms with Gasteiger partial charge in [0.2, 0.25) is 0 Å². The van der Waals surface area contributed by atoms with Gasteiger partial charge in [0.25, 0.3) is 0 Å². The van der Waals surface area contributed by atoms with Crippen LogP contribution in [0.15, 0.2) is 18.2 Å². The molecule has 1 saturated carbocycles. The van der Waals surface area contributed by atoms with Gasteiger partial charge < -0.3 is 9.55 Å². The van der Waals surface area contributed by atoms with Gasteiger partial charge in [-0.25, -0.2) is 4.39 Å². The fraction of sp³-hybridized carbons (Fsp3) is 0.533. The van der Waals surface area contributed by atoms with Crippen molar-refractivity contribution in [1.29, 1.82) is 0 Å². The van der Waals surface area contributed by atoms with Gasteiger partial charge in [0.05, 0.1) is 5.52 Å². The van der Waals surface area contributed by atoms with Crippen molar-refractivity contribution in [3.8, 4) is 0 Å². The smallest absolute Gasteiger partial charge is 0.178 e. The Morgan fingerprint density at radius 3 is 2.84 bits per heavy atom. The lowest BCUT2D eigenvalue weighted by atomic mass is 9.79. The average Bonchev–Trinajstić information content (AvgIpc) is 2.68. The van der Waals surface area contributed by atoms with Crippen molar-refractivity contribution in [2.45, 2.75) is 39.2 Å². The molecule has 3 atom stereocenters. The first-order valence-corrected chi connectivity index (χ1v) is 7.37. The quantitative estimate of drug-likeness (QED) is 0.741. The van der Waals surface area contributed by atoms with Crippen molar-refractivity contribution < 1.29 is 4.39 Å². The number of hydrogen-bond acceptors (Lipinski definition) is 1. The Morgan fingerprint density at radius 1 is 1.32 bits per heavy atom. The molecule has 2 aromatic rings. The van der Waals surface area contributed by atoms with Gasteiger partial charge in [0, 0.05) is 6.04 Å². The van der Waals surface area contributed by atoms with E-state index in [-0.39, 0.29) is 5.82 Å². The third-order valence-corrected chi connectivity index (χ3v) is 4.72. The molecule has 1 N–H and O–H groups in total. The summed E-state index contributed by atoms with van der Waals surface area (Å²) in [7, 11) is 0. The van der Waals surface area contributed by atoms with Crippen LogP contribution in [0, 0.1) is 22.4 Å². The van der Waals surface area contributed by atoms with Crippen LogP contribution in [0.1, 0.15) is 39.2 Å². The third-order valence-electron chi connectivity index (χ3n) is 4.42. The fourth-order valence-corrected chi connectivity index (χ4v) is 3.81. The van der Waals surface area contributed by atoms with Gasteiger partial charge in [0.15, 0.2) is 4.77 Å². The molecule has 1 aromatic carbocycles. The van der Waals surface area contributed by atoms with Crippen LogP contribution in [0.3, 0.4) is 0 Å². The number of rotatable bonds is 1. The highest BCUT2D eigenvalue weighted by Gasteiger charge is 2.28. The topological polar surface area (TPSA) is 20.7 Å². The average molecular weight is 278 g/mol. The maximum absolute atomic E-state index is 13.8. The summed E-state index contributed by atoms with van der Waals surface area (Å²) >= 11 is 5.42. The van der Waals surface area contributed by atoms with Crippen molar-refractivity contribution in [2.75, 3.05) is 0 Å². The Balaban J connectivity index is 2.12. The summed E-state index contributed by atoms with van der Waals surface area (Å²) in [5.41, 5.74) is 1.44. The van der Waals surface area contributed by atoms with Crippen molar-refractivity contribution in [3.63, 3.8) is 0 Å². The minimum atomic E-state index is -0.223. The molecule has 0 radical (unpaired) electrons. The zero-order chi connectivity index (χ0) is 13.6.